The molecule has 0 aliphatic rings. The van der Waals surface area contributed by atoms with E-state index in [1.54, 1.807) is 30.1 Å². The van der Waals surface area contributed by atoms with Gasteiger partial charge in [0, 0.05) is 23.3 Å². The molecular weight excluding hydrogens is 370 g/mol. The molecule has 0 amide bonds. The van der Waals surface area contributed by atoms with Gasteiger partial charge in [0.1, 0.15) is 17.2 Å². The number of benzene rings is 1. The van der Waals surface area contributed by atoms with Crippen LogP contribution in [0.2, 0.25) is 0 Å². The van der Waals surface area contributed by atoms with Crippen LogP contribution in [0.15, 0.2) is 72.8 Å². The highest BCUT2D eigenvalue weighted by atomic mass is 32.1. The quantitative estimate of drug-likeness (QED) is 0.493. The number of nitrogens with zero attached hydrogens (tertiary/aromatic N) is 6. The van der Waals surface area contributed by atoms with Gasteiger partial charge in [-0.25, -0.2) is 19.6 Å². The summed E-state index contributed by atoms with van der Waals surface area (Å²) in [5.74, 6) is 0.739. The second-order valence-electron chi connectivity index (χ2n) is 6.09. The highest BCUT2D eigenvalue weighted by molar-refractivity contribution is 7.13. The Morgan fingerprint density at radius 1 is 1.00 bits per heavy atom. The molecule has 0 bridgehead atoms. The minimum absolute atomic E-state index is 0.569. The Labute approximate surface area is 164 Å². The van der Waals surface area contributed by atoms with Gasteiger partial charge in [0.05, 0.1) is 29.5 Å². The molecule has 28 heavy (non-hydrogen) atoms. The lowest BCUT2D eigenvalue weighted by Gasteiger charge is -2.05. The van der Waals surface area contributed by atoms with E-state index in [2.05, 4.69) is 30.4 Å². The number of nitrogens with one attached hydrogen (secondary N) is 1. The van der Waals surface area contributed by atoms with Crippen molar-refractivity contribution in [2.45, 2.75) is 6.54 Å². The Kier molecular flexibility index (Phi) is 4.23. The van der Waals surface area contributed by atoms with Gasteiger partial charge >= 0.3 is 0 Å². The summed E-state index contributed by atoms with van der Waals surface area (Å²) >= 11 is 1.60. The van der Waals surface area contributed by atoms with E-state index in [9.17, 15) is 0 Å². The number of hydrogen-bond acceptors (Lipinski definition) is 7. The van der Waals surface area contributed by atoms with E-state index in [-0.39, 0.29) is 0 Å². The standard InChI is InChI=1S/C20H15N7S/c1-2-6-16(7-3-1)27-19-17(11-25-27)18(23-13-24-19)22-10-15-12-28-20(26-15)14-5-4-8-21-9-14/h1-9,11-13H,10H2,(H,22,23,24). The normalized spacial score (nSPS) is 11.0. The van der Waals surface area contributed by atoms with E-state index in [1.165, 1.54) is 0 Å². The van der Waals surface area contributed by atoms with Crippen molar-refractivity contribution in [3.63, 3.8) is 0 Å². The molecule has 0 aliphatic carbocycles. The van der Waals surface area contributed by atoms with E-state index < -0.39 is 0 Å². The Morgan fingerprint density at radius 2 is 1.93 bits per heavy atom. The van der Waals surface area contributed by atoms with Gasteiger partial charge in [-0.2, -0.15) is 5.10 Å². The zero-order chi connectivity index (χ0) is 18.8. The maximum Gasteiger partial charge on any atom is 0.168 e. The monoisotopic (exact) mass is 385 g/mol. The number of para-hydroxylation sites is 1. The van der Waals surface area contributed by atoms with Crippen molar-refractivity contribution in [1.29, 1.82) is 0 Å². The first-order valence-electron chi connectivity index (χ1n) is 8.71. The number of fused-ring (bicyclic) bond motifs is 1. The summed E-state index contributed by atoms with van der Waals surface area (Å²) < 4.78 is 1.81. The predicted molar refractivity (Wildman–Crippen MR) is 109 cm³/mol. The lowest BCUT2D eigenvalue weighted by molar-refractivity contribution is 0.895. The van der Waals surface area contributed by atoms with Crippen LogP contribution in [0.5, 0.6) is 0 Å². The van der Waals surface area contributed by atoms with Gasteiger partial charge in [-0.05, 0) is 24.3 Å². The maximum absolute atomic E-state index is 4.68. The van der Waals surface area contributed by atoms with Gasteiger partial charge in [-0.1, -0.05) is 18.2 Å². The number of anilines is 1. The Bertz CT molecular complexity index is 1220. The molecule has 7 nitrogen and oxygen atoms in total. The van der Waals surface area contributed by atoms with Crippen LogP contribution in [0.25, 0.3) is 27.3 Å². The van der Waals surface area contributed by atoms with Crippen molar-refractivity contribution in [3.05, 3.63) is 78.5 Å². The van der Waals surface area contributed by atoms with Crippen LogP contribution in [0.1, 0.15) is 5.69 Å². The van der Waals surface area contributed by atoms with Crippen LogP contribution in [0.3, 0.4) is 0 Å². The second kappa shape index (κ2) is 7.16. The third-order valence-electron chi connectivity index (χ3n) is 4.26. The summed E-state index contributed by atoms with van der Waals surface area (Å²) in [7, 11) is 0. The fourth-order valence-electron chi connectivity index (χ4n) is 2.93. The van der Waals surface area contributed by atoms with Crippen molar-refractivity contribution >= 4 is 28.2 Å². The molecule has 8 heteroatoms. The lowest BCUT2D eigenvalue weighted by Crippen LogP contribution is -2.03. The molecule has 0 fully saturated rings. The van der Waals surface area contributed by atoms with E-state index in [0.29, 0.717) is 6.54 Å². The van der Waals surface area contributed by atoms with E-state index in [1.807, 2.05) is 58.7 Å². The largest absolute Gasteiger partial charge is 0.364 e. The number of pyridine rings is 1. The van der Waals surface area contributed by atoms with Gasteiger partial charge in [0.15, 0.2) is 5.65 Å². The van der Waals surface area contributed by atoms with Crippen LogP contribution < -0.4 is 5.32 Å². The molecule has 5 rings (SSSR count). The van der Waals surface area contributed by atoms with Crippen LogP contribution >= 0.6 is 11.3 Å². The molecule has 4 aromatic heterocycles. The predicted octanol–water partition coefficient (Wildman–Crippen LogP) is 3.95. The molecule has 1 N–H and O–H groups in total. The molecule has 0 saturated carbocycles. The van der Waals surface area contributed by atoms with E-state index in [4.69, 9.17) is 0 Å². The van der Waals surface area contributed by atoms with Crippen molar-refractivity contribution in [1.82, 2.24) is 29.7 Å². The molecule has 0 atom stereocenters. The molecule has 1 aromatic carbocycles. The zero-order valence-electron chi connectivity index (χ0n) is 14.7. The Balaban J connectivity index is 1.39. The molecule has 5 aromatic rings. The van der Waals surface area contributed by atoms with E-state index >= 15 is 0 Å². The fraction of sp³-hybridized carbons (Fsp3) is 0.0500. The SMILES string of the molecule is c1ccc(-n2ncc3c(NCc4csc(-c5cccnc5)n4)ncnc32)cc1. The van der Waals surface area contributed by atoms with Gasteiger partial charge in [-0.3, -0.25) is 4.98 Å². The number of aromatic nitrogens is 6. The summed E-state index contributed by atoms with van der Waals surface area (Å²) in [4.78, 5) is 17.6. The van der Waals surface area contributed by atoms with Crippen LogP contribution in [0, 0.1) is 0 Å². The number of rotatable bonds is 5. The maximum atomic E-state index is 4.68. The first-order valence-corrected chi connectivity index (χ1v) is 9.59. The van der Waals surface area contributed by atoms with Crippen LogP contribution in [0.4, 0.5) is 5.82 Å². The molecular formula is C20H15N7S. The Morgan fingerprint density at radius 3 is 2.79 bits per heavy atom. The zero-order valence-corrected chi connectivity index (χ0v) is 15.5. The first kappa shape index (κ1) is 16.5. The average molecular weight is 385 g/mol. The van der Waals surface area contributed by atoms with Gasteiger partial charge in [-0.15, -0.1) is 11.3 Å². The van der Waals surface area contributed by atoms with Crippen LogP contribution in [-0.4, -0.2) is 29.7 Å². The first-order chi connectivity index (χ1) is 13.9. The van der Waals surface area contributed by atoms with Gasteiger partial charge < -0.3 is 5.32 Å². The van der Waals surface area contributed by atoms with E-state index in [0.717, 1.165) is 38.8 Å². The number of hydrogen-bond donors (Lipinski definition) is 1. The topological polar surface area (TPSA) is 81.4 Å². The smallest absolute Gasteiger partial charge is 0.168 e. The highest BCUT2D eigenvalue weighted by Gasteiger charge is 2.11. The van der Waals surface area contributed by atoms with Crippen molar-refractivity contribution in [2.75, 3.05) is 5.32 Å². The number of thiazole rings is 1. The Hall–Kier alpha value is -3.65. The summed E-state index contributed by atoms with van der Waals surface area (Å²) in [5.41, 5.74) is 3.69. The lowest BCUT2D eigenvalue weighted by atomic mass is 10.3. The molecule has 136 valence electrons. The molecule has 0 saturated heterocycles. The fourth-order valence-corrected chi connectivity index (χ4v) is 3.74. The van der Waals surface area contributed by atoms with Gasteiger partial charge in [0.2, 0.25) is 0 Å². The third kappa shape index (κ3) is 3.10. The minimum Gasteiger partial charge on any atom is -0.364 e. The summed E-state index contributed by atoms with van der Waals surface area (Å²) in [5, 5.41) is 11.7. The minimum atomic E-state index is 0.569. The molecule has 0 radical (unpaired) electrons. The second-order valence-corrected chi connectivity index (χ2v) is 6.95. The third-order valence-corrected chi connectivity index (χ3v) is 5.20. The highest BCUT2D eigenvalue weighted by Crippen LogP contribution is 2.25. The van der Waals surface area contributed by atoms with Crippen molar-refractivity contribution in [2.24, 2.45) is 0 Å². The van der Waals surface area contributed by atoms with Crippen LogP contribution in [-0.2, 0) is 6.54 Å². The summed E-state index contributed by atoms with van der Waals surface area (Å²) in [6.45, 7) is 0.569. The van der Waals surface area contributed by atoms with Crippen molar-refractivity contribution in [3.8, 4) is 16.3 Å². The molecule has 0 unspecified atom stereocenters. The molecule has 4 heterocycles. The van der Waals surface area contributed by atoms with Gasteiger partial charge in [0.25, 0.3) is 0 Å². The summed E-state index contributed by atoms with van der Waals surface area (Å²) in [6, 6.07) is 13.8. The van der Waals surface area contributed by atoms with Crippen molar-refractivity contribution < 1.29 is 0 Å². The molecule has 0 aliphatic heterocycles. The average Bonchev–Trinajstić information content (AvgIpc) is 3.41. The summed E-state index contributed by atoms with van der Waals surface area (Å²) in [6.07, 6.45) is 6.91. The molecule has 0 spiro atoms.